The van der Waals surface area contributed by atoms with Gasteiger partial charge in [0.25, 0.3) is 10.0 Å². The molecule has 5 rings (SSSR count). The maximum Gasteiger partial charge on any atom is 0.343 e. The van der Waals surface area contributed by atoms with Crippen LogP contribution in [0.2, 0.25) is 0 Å². The monoisotopic (exact) mass is 572 g/mol. The van der Waals surface area contributed by atoms with Gasteiger partial charge < -0.3 is 14.8 Å². The molecule has 1 aliphatic carbocycles. The number of hydrogen-bond donors (Lipinski definition) is 3. The van der Waals surface area contributed by atoms with E-state index < -0.39 is 33.6 Å². The lowest BCUT2D eigenvalue weighted by atomic mass is 9.86. The number of benzene rings is 3. The topological polar surface area (TPSA) is 126 Å². The number of aromatic hydroxyl groups is 1. The minimum Gasteiger partial charge on any atom is -0.507 e. The smallest absolute Gasteiger partial charge is 0.343 e. The number of hydrogen-bond acceptors (Lipinski definition) is 6. The summed E-state index contributed by atoms with van der Waals surface area (Å²) in [7, 11) is -4.04. The van der Waals surface area contributed by atoms with Crippen LogP contribution in [0, 0.1) is 5.92 Å². The number of nitrogens with one attached hydrogen (secondary N) is 2. The minimum atomic E-state index is -4.04. The molecule has 0 radical (unpaired) electrons. The summed E-state index contributed by atoms with van der Waals surface area (Å²) < 4.78 is 33.0. The zero-order chi connectivity index (χ0) is 29.0. The SMILES string of the molecule is CCC(Cc1ccccc1)c1cc(O)c(C(c2ccccc2)C2CC2NC(=O)NS(=O)(=O)c2ccccc2)c(=O)o1. The Bertz CT molecular complexity index is 1660. The van der Waals surface area contributed by atoms with Gasteiger partial charge in [-0.05, 0) is 48.4 Å². The van der Waals surface area contributed by atoms with Crippen molar-refractivity contribution in [1.82, 2.24) is 10.0 Å². The highest BCUT2D eigenvalue weighted by atomic mass is 32.2. The second kappa shape index (κ2) is 12.0. The van der Waals surface area contributed by atoms with Crippen molar-refractivity contribution in [1.29, 1.82) is 0 Å². The third kappa shape index (κ3) is 6.52. The van der Waals surface area contributed by atoms with E-state index in [9.17, 15) is 23.1 Å². The molecule has 2 amide bonds. The molecule has 0 saturated heterocycles. The fourth-order valence-electron chi connectivity index (χ4n) is 5.36. The Kier molecular flexibility index (Phi) is 8.26. The summed E-state index contributed by atoms with van der Waals surface area (Å²) in [4.78, 5) is 26.1. The van der Waals surface area contributed by atoms with E-state index in [1.807, 2.05) is 72.3 Å². The van der Waals surface area contributed by atoms with Gasteiger partial charge in [0.1, 0.15) is 11.5 Å². The van der Waals surface area contributed by atoms with Gasteiger partial charge in [-0.3, -0.25) is 0 Å². The van der Waals surface area contributed by atoms with E-state index in [1.165, 1.54) is 18.2 Å². The van der Waals surface area contributed by atoms with Crippen LogP contribution in [-0.2, 0) is 16.4 Å². The highest BCUT2D eigenvalue weighted by Crippen LogP contribution is 2.48. The Labute approximate surface area is 239 Å². The maximum absolute atomic E-state index is 13.4. The first kappa shape index (κ1) is 28.2. The largest absolute Gasteiger partial charge is 0.507 e. The van der Waals surface area contributed by atoms with Gasteiger partial charge in [0.15, 0.2) is 0 Å². The standard InChI is InChI=1S/C32H32N2O6S/c1-2-22(18-21-12-6-3-7-13-21)28-20-27(35)30(31(36)40-28)29(23-14-8-4-9-15-23)25-19-26(25)33-32(37)34-41(38,39)24-16-10-5-11-17-24/h3-17,20,22,25-26,29,35H,2,18-19H2,1H3,(H2,33,34,37). The van der Waals surface area contributed by atoms with E-state index in [0.717, 1.165) is 11.1 Å². The Morgan fingerprint density at radius 1 is 0.976 bits per heavy atom. The molecule has 1 saturated carbocycles. The van der Waals surface area contributed by atoms with Crippen LogP contribution in [0.5, 0.6) is 5.75 Å². The number of urea groups is 1. The summed E-state index contributed by atoms with van der Waals surface area (Å²) in [6.45, 7) is 2.01. The first-order valence-corrected chi connectivity index (χ1v) is 15.1. The van der Waals surface area contributed by atoms with E-state index in [2.05, 4.69) is 5.32 Å². The van der Waals surface area contributed by atoms with E-state index in [0.29, 0.717) is 25.0 Å². The summed E-state index contributed by atoms with van der Waals surface area (Å²) >= 11 is 0. The van der Waals surface area contributed by atoms with Crippen LogP contribution in [0.1, 0.15) is 54.1 Å². The van der Waals surface area contributed by atoms with Crippen LogP contribution >= 0.6 is 0 Å². The molecule has 0 spiro atoms. The average molecular weight is 573 g/mol. The molecule has 1 heterocycles. The highest BCUT2D eigenvalue weighted by Gasteiger charge is 2.47. The van der Waals surface area contributed by atoms with Crippen molar-refractivity contribution < 1.29 is 22.7 Å². The van der Waals surface area contributed by atoms with Crippen LogP contribution in [0.3, 0.4) is 0 Å². The van der Waals surface area contributed by atoms with Gasteiger partial charge in [-0.2, -0.15) is 0 Å². The molecule has 9 heteroatoms. The number of carbonyl (C=O) groups is 1. The van der Waals surface area contributed by atoms with Crippen molar-refractivity contribution >= 4 is 16.1 Å². The first-order chi connectivity index (χ1) is 19.8. The highest BCUT2D eigenvalue weighted by molar-refractivity contribution is 7.90. The van der Waals surface area contributed by atoms with Gasteiger partial charge >= 0.3 is 11.7 Å². The van der Waals surface area contributed by atoms with Gasteiger partial charge in [0.2, 0.25) is 0 Å². The predicted molar refractivity (Wildman–Crippen MR) is 155 cm³/mol. The average Bonchev–Trinajstić information content (AvgIpc) is 3.72. The second-order valence-corrected chi connectivity index (χ2v) is 12.0. The lowest BCUT2D eigenvalue weighted by Gasteiger charge is -2.20. The molecule has 4 aromatic rings. The van der Waals surface area contributed by atoms with Crippen LogP contribution in [0.25, 0.3) is 0 Å². The molecule has 212 valence electrons. The molecule has 4 atom stereocenters. The van der Waals surface area contributed by atoms with E-state index >= 15 is 0 Å². The number of rotatable bonds is 10. The molecular formula is C32H32N2O6S. The Morgan fingerprint density at radius 2 is 1.59 bits per heavy atom. The second-order valence-electron chi connectivity index (χ2n) is 10.3. The third-order valence-corrected chi connectivity index (χ3v) is 8.89. The van der Waals surface area contributed by atoms with Crippen LogP contribution < -0.4 is 15.7 Å². The molecule has 3 aromatic carbocycles. The summed E-state index contributed by atoms with van der Waals surface area (Å²) in [5.74, 6) is -0.644. The van der Waals surface area contributed by atoms with Crippen LogP contribution in [0.15, 0.2) is 111 Å². The molecule has 1 aromatic heterocycles. The van der Waals surface area contributed by atoms with E-state index in [-0.39, 0.29) is 28.0 Å². The summed E-state index contributed by atoms with van der Waals surface area (Å²) in [5, 5.41) is 13.9. The fourth-order valence-corrected chi connectivity index (χ4v) is 6.29. The van der Waals surface area contributed by atoms with Crippen LogP contribution in [-0.4, -0.2) is 25.6 Å². The molecular weight excluding hydrogens is 540 g/mol. The number of carbonyl (C=O) groups excluding carboxylic acids is 1. The van der Waals surface area contributed by atoms with Gasteiger partial charge in [-0.25, -0.2) is 22.7 Å². The van der Waals surface area contributed by atoms with E-state index in [4.69, 9.17) is 4.42 Å². The minimum absolute atomic E-state index is 0.0232. The molecule has 3 N–H and O–H groups in total. The summed E-state index contributed by atoms with van der Waals surface area (Å²) in [6, 6.07) is 27.0. The molecule has 0 aliphatic heterocycles. The molecule has 4 unspecified atom stereocenters. The predicted octanol–water partition coefficient (Wildman–Crippen LogP) is 5.29. The van der Waals surface area contributed by atoms with Crippen molar-refractivity contribution in [2.45, 2.75) is 49.0 Å². The maximum atomic E-state index is 13.4. The molecule has 1 fully saturated rings. The van der Waals surface area contributed by atoms with E-state index in [1.54, 1.807) is 18.2 Å². The van der Waals surface area contributed by atoms with Gasteiger partial charge in [0, 0.05) is 23.9 Å². The Balaban J connectivity index is 1.38. The fraction of sp³-hybridized carbons (Fsp3) is 0.250. The summed E-state index contributed by atoms with van der Waals surface area (Å²) in [6.07, 6.45) is 1.87. The first-order valence-electron chi connectivity index (χ1n) is 13.6. The van der Waals surface area contributed by atoms with Crippen molar-refractivity contribution in [3.05, 3.63) is 130 Å². The number of sulfonamides is 1. The normalized spacial score (nSPS) is 17.8. The van der Waals surface area contributed by atoms with Crippen LogP contribution in [0.4, 0.5) is 4.79 Å². The zero-order valence-electron chi connectivity index (χ0n) is 22.6. The molecule has 1 aliphatic rings. The van der Waals surface area contributed by atoms with Crippen molar-refractivity contribution in [3.8, 4) is 5.75 Å². The Hall–Kier alpha value is -4.37. The molecule has 41 heavy (non-hydrogen) atoms. The van der Waals surface area contributed by atoms with Crippen molar-refractivity contribution in [2.24, 2.45) is 5.92 Å². The number of amides is 2. The molecule has 0 bridgehead atoms. The van der Waals surface area contributed by atoms with Gasteiger partial charge in [-0.15, -0.1) is 0 Å². The lowest BCUT2D eigenvalue weighted by Crippen LogP contribution is -2.41. The zero-order valence-corrected chi connectivity index (χ0v) is 23.4. The lowest BCUT2D eigenvalue weighted by molar-refractivity contribution is 0.245. The van der Waals surface area contributed by atoms with Gasteiger partial charge in [-0.1, -0.05) is 85.8 Å². The van der Waals surface area contributed by atoms with Gasteiger partial charge in [0.05, 0.1) is 10.5 Å². The Morgan fingerprint density at radius 3 is 2.20 bits per heavy atom. The summed E-state index contributed by atoms with van der Waals surface area (Å²) in [5.41, 5.74) is 1.39. The third-order valence-electron chi connectivity index (χ3n) is 7.54. The van der Waals surface area contributed by atoms with Crippen molar-refractivity contribution in [3.63, 3.8) is 0 Å². The quantitative estimate of drug-likeness (QED) is 0.237. The molecule has 8 nitrogen and oxygen atoms in total. The van der Waals surface area contributed by atoms with Crippen molar-refractivity contribution in [2.75, 3.05) is 0 Å².